The zero-order chi connectivity index (χ0) is 20.8. The third kappa shape index (κ3) is 4.97. The first-order chi connectivity index (χ1) is 14.7. The third-order valence-electron chi connectivity index (χ3n) is 5.40. The van der Waals surface area contributed by atoms with E-state index in [1.165, 1.54) is 0 Å². The second kappa shape index (κ2) is 9.43. The Kier molecular flexibility index (Phi) is 6.27. The zero-order valence-corrected chi connectivity index (χ0v) is 17.1. The SMILES string of the molecule is COc1ccccc1CC(=O)Cc1ccc(N2CC[C@@H](Cc3cccnn3)C2)nn1. The van der Waals surface area contributed by atoms with Gasteiger partial charge in [0.15, 0.2) is 5.82 Å². The minimum Gasteiger partial charge on any atom is -0.496 e. The number of methoxy groups -OCH3 is 1. The molecule has 30 heavy (non-hydrogen) atoms. The number of hydrogen-bond donors (Lipinski definition) is 0. The third-order valence-corrected chi connectivity index (χ3v) is 5.40. The van der Waals surface area contributed by atoms with Crippen LogP contribution in [0.4, 0.5) is 5.82 Å². The van der Waals surface area contributed by atoms with Gasteiger partial charge in [0.1, 0.15) is 11.5 Å². The predicted octanol–water partition coefficient (Wildman–Crippen LogP) is 2.70. The summed E-state index contributed by atoms with van der Waals surface area (Å²) in [6.07, 6.45) is 4.30. The normalized spacial score (nSPS) is 15.9. The van der Waals surface area contributed by atoms with Crippen LogP contribution in [-0.2, 0) is 24.1 Å². The van der Waals surface area contributed by atoms with Crippen molar-refractivity contribution in [2.45, 2.75) is 25.7 Å². The second-order valence-corrected chi connectivity index (χ2v) is 7.61. The van der Waals surface area contributed by atoms with E-state index in [1.54, 1.807) is 13.3 Å². The molecule has 1 aliphatic rings. The molecule has 1 atom stereocenters. The van der Waals surface area contributed by atoms with Gasteiger partial charge in [0, 0.05) is 31.3 Å². The van der Waals surface area contributed by atoms with Gasteiger partial charge in [-0.15, -0.1) is 5.10 Å². The highest BCUT2D eigenvalue weighted by Crippen LogP contribution is 2.24. The summed E-state index contributed by atoms with van der Waals surface area (Å²) >= 11 is 0. The number of hydrogen-bond acceptors (Lipinski definition) is 7. The van der Waals surface area contributed by atoms with Crippen LogP contribution in [0, 0.1) is 5.92 Å². The van der Waals surface area contributed by atoms with Crippen LogP contribution in [0.15, 0.2) is 54.7 Å². The number of Topliss-reactive ketones (excluding diaryl/α,β-unsaturated/α-hetero) is 1. The van der Waals surface area contributed by atoms with Crippen molar-refractivity contribution >= 4 is 11.6 Å². The summed E-state index contributed by atoms with van der Waals surface area (Å²) in [6.45, 7) is 1.88. The van der Waals surface area contributed by atoms with Crippen molar-refractivity contribution in [2.75, 3.05) is 25.1 Å². The maximum absolute atomic E-state index is 12.5. The number of benzene rings is 1. The average molecular weight is 403 g/mol. The van der Waals surface area contributed by atoms with Crippen LogP contribution in [0.2, 0.25) is 0 Å². The molecule has 0 amide bonds. The van der Waals surface area contributed by atoms with Crippen molar-refractivity contribution in [1.29, 1.82) is 0 Å². The van der Waals surface area contributed by atoms with Crippen molar-refractivity contribution < 1.29 is 9.53 Å². The summed E-state index contributed by atoms with van der Waals surface area (Å²) in [7, 11) is 1.61. The number of nitrogens with zero attached hydrogens (tertiary/aromatic N) is 5. The van der Waals surface area contributed by atoms with Gasteiger partial charge in [-0.1, -0.05) is 18.2 Å². The molecule has 1 aromatic carbocycles. The van der Waals surface area contributed by atoms with Gasteiger partial charge < -0.3 is 9.64 Å². The fourth-order valence-electron chi connectivity index (χ4n) is 3.89. The van der Waals surface area contributed by atoms with Crippen molar-refractivity contribution in [1.82, 2.24) is 20.4 Å². The quantitative estimate of drug-likeness (QED) is 0.572. The van der Waals surface area contributed by atoms with E-state index in [0.29, 0.717) is 18.0 Å². The molecule has 2 aromatic heterocycles. The Hall–Kier alpha value is -3.35. The Balaban J connectivity index is 1.31. The molecule has 0 bridgehead atoms. The van der Waals surface area contributed by atoms with Crippen molar-refractivity contribution in [3.05, 3.63) is 71.7 Å². The first kappa shape index (κ1) is 19.9. The highest BCUT2D eigenvalue weighted by Gasteiger charge is 2.24. The van der Waals surface area contributed by atoms with E-state index < -0.39 is 0 Å². The molecular formula is C23H25N5O2. The summed E-state index contributed by atoms with van der Waals surface area (Å²) in [4.78, 5) is 14.7. The minimum absolute atomic E-state index is 0.0896. The minimum atomic E-state index is 0.0896. The monoisotopic (exact) mass is 403 g/mol. The van der Waals surface area contributed by atoms with Gasteiger partial charge >= 0.3 is 0 Å². The first-order valence-corrected chi connectivity index (χ1v) is 10.2. The number of rotatable bonds is 8. The number of carbonyl (C=O) groups excluding carboxylic acids is 1. The van der Waals surface area contributed by atoms with E-state index in [4.69, 9.17) is 4.74 Å². The molecular weight excluding hydrogens is 378 g/mol. The molecule has 0 unspecified atom stereocenters. The van der Waals surface area contributed by atoms with Crippen molar-refractivity contribution in [3.63, 3.8) is 0 Å². The maximum Gasteiger partial charge on any atom is 0.151 e. The highest BCUT2D eigenvalue weighted by molar-refractivity contribution is 5.83. The highest BCUT2D eigenvalue weighted by atomic mass is 16.5. The molecule has 3 aromatic rings. The van der Waals surface area contributed by atoms with E-state index in [-0.39, 0.29) is 12.2 Å². The molecule has 0 spiro atoms. The molecule has 0 aliphatic carbocycles. The second-order valence-electron chi connectivity index (χ2n) is 7.61. The van der Waals surface area contributed by atoms with Crippen LogP contribution >= 0.6 is 0 Å². The number of carbonyl (C=O) groups is 1. The molecule has 154 valence electrons. The van der Waals surface area contributed by atoms with Crippen LogP contribution < -0.4 is 9.64 Å². The lowest BCUT2D eigenvalue weighted by Crippen LogP contribution is -2.22. The van der Waals surface area contributed by atoms with E-state index in [1.807, 2.05) is 48.5 Å². The van der Waals surface area contributed by atoms with Gasteiger partial charge in [-0.2, -0.15) is 15.3 Å². The molecule has 1 aliphatic heterocycles. The fourth-order valence-corrected chi connectivity index (χ4v) is 3.89. The summed E-state index contributed by atoms with van der Waals surface area (Å²) < 4.78 is 5.32. The first-order valence-electron chi connectivity index (χ1n) is 10.2. The Morgan fingerprint density at radius 2 is 1.93 bits per heavy atom. The Morgan fingerprint density at radius 3 is 2.70 bits per heavy atom. The standard InChI is InChI=1S/C23H25N5O2/c1-30-22-7-3-2-5-18(22)14-21(29)15-20-8-9-23(27-26-20)28-12-10-17(16-28)13-19-6-4-11-24-25-19/h2-9,11,17H,10,12-16H2,1H3/t17-/m0/s1. The van der Waals surface area contributed by atoms with Crippen LogP contribution in [0.3, 0.4) is 0 Å². The van der Waals surface area contributed by atoms with Gasteiger partial charge in [0.2, 0.25) is 0 Å². The van der Waals surface area contributed by atoms with Crippen LogP contribution in [0.25, 0.3) is 0 Å². The molecule has 7 nitrogen and oxygen atoms in total. The van der Waals surface area contributed by atoms with Crippen molar-refractivity contribution in [3.8, 4) is 5.75 Å². The lowest BCUT2D eigenvalue weighted by atomic mass is 10.0. The molecule has 0 radical (unpaired) electrons. The smallest absolute Gasteiger partial charge is 0.151 e. The molecule has 0 saturated carbocycles. The molecule has 3 heterocycles. The molecule has 0 N–H and O–H groups in total. The van der Waals surface area contributed by atoms with E-state index in [2.05, 4.69) is 25.3 Å². The lowest BCUT2D eigenvalue weighted by Gasteiger charge is -2.17. The van der Waals surface area contributed by atoms with E-state index >= 15 is 0 Å². The van der Waals surface area contributed by atoms with Gasteiger partial charge in [0.25, 0.3) is 0 Å². The van der Waals surface area contributed by atoms with Crippen LogP contribution in [0.5, 0.6) is 5.75 Å². The molecule has 1 fully saturated rings. The lowest BCUT2D eigenvalue weighted by molar-refractivity contribution is -0.117. The van der Waals surface area contributed by atoms with Crippen molar-refractivity contribution in [2.24, 2.45) is 5.92 Å². The van der Waals surface area contributed by atoms with E-state index in [9.17, 15) is 4.79 Å². The topological polar surface area (TPSA) is 81.1 Å². The van der Waals surface area contributed by atoms with Gasteiger partial charge in [-0.3, -0.25) is 4.79 Å². The van der Waals surface area contributed by atoms with Gasteiger partial charge in [-0.05, 0) is 49.1 Å². The molecule has 1 saturated heterocycles. The predicted molar refractivity (Wildman–Crippen MR) is 113 cm³/mol. The molecule has 7 heteroatoms. The maximum atomic E-state index is 12.5. The fraction of sp³-hybridized carbons (Fsp3) is 0.348. The number of aromatic nitrogens is 4. The summed E-state index contributed by atoms with van der Waals surface area (Å²) in [5.74, 6) is 2.22. The Bertz CT molecular complexity index is 978. The average Bonchev–Trinajstić information content (AvgIpc) is 3.24. The summed E-state index contributed by atoms with van der Waals surface area (Å²) in [5.41, 5.74) is 2.61. The van der Waals surface area contributed by atoms with Gasteiger partial charge in [0.05, 0.1) is 24.9 Å². The summed E-state index contributed by atoms with van der Waals surface area (Å²) in [6, 6.07) is 15.4. The van der Waals surface area contributed by atoms with Gasteiger partial charge in [-0.25, -0.2) is 0 Å². The molecule has 4 rings (SSSR count). The zero-order valence-electron chi connectivity index (χ0n) is 17.1. The number of para-hydroxylation sites is 1. The number of ether oxygens (including phenoxy) is 1. The number of anilines is 1. The van der Waals surface area contributed by atoms with E-state index in [0.717, 1.165) is 48.8 Å². The van der Waals surface area contributed by atoms with Crippen LogP contribution in [0.1, 0.15) is 23.4 Å². The van der Waals surface area contributed by atoms with Crippen LogP contribution in [-0.4, -0.2) is 46.4 Å². The largest absolute Gasteiger partial charge is 0.496 e. The number of ketones is 1. The Morgan fingerprint density at radius 1 is 1.03 bits per heavy atom. The summed E-state index contributed by atoms with van der Waals surface area (Å²) in [5, 5.41) is 16.8. The Labute approximate surface area is 176 Å².